The highest BCUT2D eigenvalue weighted by atomic mass is 32.2. The normalized spacial score (nSPS) is 12.3. The SMILES string of the molecule is CCc1ccc(-n2nc(C(F)(F)F)cc2-c2ccc(S(C)(=O)=O)cc2)cc1. The lowest BCUT2D eigenvalue weighted by atomic mass is 10.1. The Bertz CT molecular complexity index is 1050. The summed E-state index contributed by atoms with van der Waals surface area (Å²) >= 11 is 0. The number of halogens is 3. The van der Waals surface area contributed by atoms with Crippen LogP contribution in [0.15, 0.2) is 59.5 Å². The van der Waals surface area contributed by atoms with Gasteiger partial charge in [0.05, 0.1) is 16.3 Å². The number of hydrogen-bond donors (Lipinski definition) is 0. The number of aromatic nitrogens is 2. The molecule has 0 saturated carbocycles. The highest BCUT2D eigenvalue weighted by Gasteiger charge is 2.35. The number of rotatable bonds is 4. The van der Waals surface area contributed by atoms with Crippen LogP contribution < -0.4 is 0 Å². The Morgan fingerprint density at radius 2 is 1.59 bits per heavy atom. The molecule has 3 rings (SSSR count). The molecule has 0 aliphatic carbocycles. The van der Waals surface area contributed by atoms with E-state index in [1.807, 2.05) is 19.1 Å². The fourth-order valence-electron chi connectivity index (χ4n) is 2.67. The van der Waals surface area contributed by atoms with Crippen LogP contribution in [0.1, 0.15) is 18.2 Å². The lowest BCUT2D eigenvalue weighted by Crippen LogP contribution is -2.07. The molecule has 0 aliphatic heterocycles. The van der Waals surface area contributed by atoms with Gasteiger partial charge in [-0.1, -0.05) is 31.2 Å². The van der Waals surface area contributed by atoms with Crippen molar-refractivity contribution in [3.05, 3.63) is 65.9 Å². The predicted molar refractivity (Wildman–Crippen MR) is 96.5 cm³/mol. The topological polar surface area (TPSA) is 52.0 Å². The van der Waals surface area contributed by atoms with Gasteiger partial charge in [-0.05, 0) is 42.3 Å². The Balaban J connectivity index is 2.14. The molecule has 0 spiro atoms. The molecule has 1 heterocycles. The van der Waals surface area contributed by atoms with Gasteiger partial charge in [0.25, 0.3) is 0 Å². The molecule has 0 saturated heterocycles. The van der Waals surface area contributed by atoms with E-state index >= 15 is 0 Å². The highest BCUT2D eigenvalue weighted by Crippen LogP contribution is 2.33. The van der Waals surface area contributed by atoms with E-state index in [9.17, 15) is 21.6 Å². The minimum atomic E-state index is -4.59. The molecule has 0 fully saturated rings. The number of sulfone groups is 1. The first-order chi connectivity index (χ1) is 12.6. The summed E-state index contributed by atoms with van der Waals surface area (Å²) in [5.74, 6) is 0. The fourth-order valence-corrected chi connectivity index (χ4v) is 3.30. The second-order valence-electron chi connectivity index (χ2n) is 6.14. The number of alkyl halides is 3. The van der Waals surface area contributed by atoms with Crippen molar-refractivity contribution >= 4 is 9.84 Å². The van der Waals surface area contributed by atoms with Crippen molar-refractivity contribution in [2.75, 3.05) is 6.26 Å². The van der Waals surface area contributed by atoms with Gasteiger partial charge in [-0.15, -0.1) is 0 Å². The number of nitrogens with zero attached hydrogens (tertiary/aromatic N) is 2. The van der Waals surface area contributed by atoms with Crippen molar-refractivity contribution < 1.29 is 21.6 Å². The monoisotopic (exact) mass is 394 g/mol. The summed E-state index contributed by atoms with van der Waals surface area (Å²) in [6.45, 7) is 1.99. The van der Waals surface area contributed by atoms with Crippen LogP contribution in [0.3, 0.4) is 0 Å². The Morgan fingerprint density at radius 3 is 2.07 bits per heavy atom. The summed E-state index contributed by atoms with van der Waals surface area (Å²) < 4.78 is 64.0. The molecule has 0 N–H and O–H groups in total. The quantitative estimate of drug-likeness (QED) is 0.654. The van der Waals surface area contributed by atoms with E-state index in [0.29, 0.717) is 11.3 Å². The van der Waals surface area contributed by atoms with Gasteiger partial charge >= 0.3 is 6.18 Å². The molecule has 0 aliphatic rings. The first-order valence-electron chi connectivity index (χ1n) is 8.16. The van der Waals surface area contributed by atoms with Gasteiger partial charge in [0.2, 0.25) is 0 Å². The van der Waals surface area contributed by atoms with Gasteiger partial charge in [-0.25, -0.2) is 13.1 Å². The summed E-state index contributed by atoms with van der Waals surface area (Å²) in [4.78, 5) is 0.0978. The van der Waals surface area contributed by atoms with Crippen molar-refractivity contribution in [3.8, 4) is 16.9 Å². The Labute approximate surface area is 155 Å². The van der Waals surface area contributed by atoms with Gasteiger partial charge < -0.3 is 0 Å². The zero-order valence-corrected chi connectivity index (χ0v) is 15.5. The minimum absolute atomic E-state index is 0.0978. The number of aryl methyl sites for hydroxylation is 1. The van der Waals surface area contributed by atoms with Crippen LogP contribution >= 0.6 is 0 Å². The van der Waals surface area contributed by atoms with E-state index < -0.39 is 21.7 Å². The van der Waals surface area contributed by atoms with Gasteiger partial charge in [0.1, 0.15) is 0 Å². The van der Waals surface area contributed by atoms with Gasteiger partial charge in [0.15, 0.2) is 15.5 Å². The first-order valence-corrected chi connectivity index (χ1v) is 10.1. The van der Waals surface area contributed by atoms with Crippen LogP contribution in [-0.2, 0) is 22.4 Å². The molecule has 27 heavy (non-hydrogen) atoms. The largest absolute Gasteiger partial charge is 0.435 e. The van der Waals surface area contributed by atoms with E-state index in [-0.39, 0.29) is 10.6 Å². The van der Waals surface area contributed by atoms with Crippen LogP contribution in [-0.4, -0.2) is 24.5 Å². The van der Waals surface area contributed by atoms with Crippen molar-refractivity contribution in [3.63, 3.8) is 0 Å². The maximum atomic E-state index is 13.2. The zero-order chi connectivity index (χ0) is 19.8. The second kappa shape index (κ2) is 6.84. The average molecular weight is 394 g/mol. The van der Waals surface area contributed by atoms with E-state index in [2.05, 4.69) is 5.10 Å². The lowest BCUT2D eigenvalue weighted by Gasteiger charge is -2.09. The third kappa shape index (κ3) is 4.05. The molecular weight excluding hydrogens is 377 g/mol. The molecule has 142 valence electrons. The van der Waals surface area contributed by atoms with E-state index in [1.54, 1.807) is 12.1 Å². The van der Waals surface area contributed by atoms with E-state index in [1.165, 1.54) is 28.9 Å². The van der Waals surface area contributed by atoms with Crippen molar-refractivity contribution in [2.24, 2.45) is 0 Å². The summed E-state index contributed by atoms with van der Waals surface area (Å²) in [7, 11) is -3.39. The minimum Gasteiger partial charge on any atom is -0.233 e. The van der Waals surface area contributed by atoms with E-state index in [0.717, 1.165) is 24.3 Å². The molecule has 8 heteroatoms. The van der Waals surface area contributed by atoms with Crippen LogP contribution in [0.4, 0.5) is 13.2 Å². The molecule has 1 aromatic heterocycles. The zero-order valence-electron chi connectivity index (χ0n) is 14.7. The van der Waals surface area contributed by atoms with E-state index in [4.69, 9.17) is 0 Å². The fraction of sp³-hybridized carbons (Fsp3) is 0.211. The van der Waals surface area contributed by atoms with Crippen molar-refractivity contribution in [2.45, 2.75) is 24.4 Å². The molecule has 0 atom stereocenters. The van der Waals surface area contributed by atoms with Crippen LogP contribution in [0.5, 0.6) is 0 Å². The molecule has 0 bridgehead atoms. The van der Waals surface area contributed by atoms with Crippen LogP contribution in [0.25, 0.3) is 16.9 Å². The predicted octanol–water partition coefficient (Wildman–Crippen LogP) is 4.52. The summed E-state index contributed by atoms with van der Waals surface area (Å²) in [6.07, 6.45) is -2.70. The van der Waals surface area contributed by atoms with Gasteiger partial charge in [-0.2, -0.15) is 18.3 Å². The number of benzene rings is 2. The van der Waals surface area contributed by atoms with Crippen LogP contribution in [0.2, 0.25) is 0 Å². The third-order valence-electron chi connectivity index (χ3n) is 4.17. The molecule has 0 radical (unpaired) electrons. The Hall–Kier alpha value is -2.61. The van der Waals surface area contributed by atoms with Crippen molar-refractivity contribution in [1.29, 1.82) is 0 Å². The first kappa shape index (κ1) is 19.2. The molecule has 0 amide bonds. The molecule has 3 aromatic rings. The number of hydrogen-bond acceptors (Lipinski definition) is 3. The maximum absolute atomic E-state index is 13.2. The Morgan fingerprint density at radius 1 is 1.00 bits per heavy atom. The van der Waals surface area contributed by atoms with Gasteiger partial charge in [0, 0.05) is 11.8 Å². The molecule has 4 nitrogen and oxygen atoms in total. The summed E-state index contributed by atoms with van der Waals surface area (Å²) in [5, 5.41) is 3.73. The summed E-state index contributed by atoms with van der Waals surface area (Å²) in [6, 6.07) is 13.7. The average Bonchev–Trinajstić information content (AvgIpc) is 3.07. The Kier molecular flexibility index (Phi) is 4.86. The lowest BCUT2D eigenvalue weighted by molar-refractivity contribution is -0.141. The van der Waals surface area contributed by atoms with Gasteiger partial charge in [-0.3, -0.25) is 0 Å². The summed E-state index contributed by atoms with van der Waals surface area (Å²) in [5.41, 5.74) is 1.20. The third-order valence-corrected chi connectivity index (χ3v) is 5.30. The second-order valence-corrected chi connectivity index (χ2v) is 8.16. The van der Waals surface area contributed by atoms with Crippen LogP contribution in [0, 0.1) is 0 Å². The molecule has 2 aromatic carbocycles. The smallest absolute Gasteiger partial charge is 0.233 e. The standard InChI is InChI=1S/C19H17F3N2O2S/c1-3-13-4-8-15(9-5-13)24-17(12-18(23-24)19(20,21)22)14-6-10-16(11-7-14)27(2,25)26/h4-12H,3H2,1-2H3. The molecular formula is C19H17F3N2O2S. The maximum Gasteiger partial charge on any atom is 0.435 e. The molecule has 0 unspecified atom stereocenters. The van der Waals surface area contributed by atoms with Crippen molar-refractivity contribution in [1.82, 2.24) is 9.78 Å². The highest BCUT2D eigenvalue weighted by molar-refractivity contribution is 7.90.